The second-order valence-corrected chi connectivity index (χ2v) is 7.80. The van der Waals surface area contributed by atoms with Crippen LogP contribution in [-0.2, 0) is 4.79 Å². The first-order chi connectivity index (χ1) is 15.7. The maximum atomic E-state index is 13.8. The number of rotatable bonds is 6. The van der Waals surface area contributed by atoms with Crippen LogP contribution in [0.1, 0.15) is 0 Å². The summed E-state index contributed by atoms with van der Waals surface area (Å²) in [5.74, 6) is 1.14. The van der Waals surface area contributed by atoms with Crippen LogP contribution in [0.4, 0.5) is 10.1 Å². The molecule has 0 aliphatic carbocycles. The Bertz CT molecular complexity index is 1280. The third kappa shape index (κ3) is 4.02. The van der Waals surface area contributed by atoms with E-state index in [1.54, 1.807) is 12.1 Å². The summed E-state index contributed by atoms with van der Waals surface area (Å²) in [7, 11) is 0. The van der Waals surface area contributed by atoms with Crippen LogP contribution in [0.3, 0.4) is 0 Å². The Labute approximate surface area is 187 Å². The van der Waals surface area contributed by atoms with E-state index >= 15 is 0 Å². The van der Waals surface area contributed by atoms with Gasteiger partial charge in [-0.05, 0) is 42.5 Å². The molecule has 0 spiro atoms. The molecule has 0 bridgehead atoms. The Morgan fingerprint density at radius 1 is 1.00 bits per heavy atom. The van der Waals surface area contributed by atoms with Crippen molar-refractivity contribution in [1.82, 2.24) is 14.8 Å². The molecule has 32 heavy (non-hydrogen) atoms. The SMILES string of the molecule is O=C(CSc1nnc(-c2ccc3c(c2)OCO3)n1-c1ccccc1)Nc1ccccc1F. The summed E-state index contributed by atoms with van der Waals surface area (Å²) in [5, 5.41) is 11.8. The van der Waals surface area contributed by atoms with Crippen molar-refractivity contribution < 1.29 is 18.7 Å². The van der Waals surface area contributed by atoms with Crippen molar-refractivity contribution in [2.45, 2.75) is 5.16 Å². The molecule has 3 aromatic carbocycles. The van der Waals surface area contributed by atoms with Crippen LogP contribution in [0.2, 0.25) is 0 Å². The van der Waals surface area contributed by atoms with Gasteiger partial charge in [-0.3, -0.25) is 9.36 Å². The summed E-state index contributed by atoms with van der Waals surface area (Å²) in [4.78, 5) is 12.4. The highest BCUT2D eigenvalue weighted by molar-refractivity contribution is 7.99. The van der Waals surface area contributed by atoms with Gasteiger partial charge in [0.2, 0.25) is 12.7 Å². The molecule has 0 atom stereocenters. The maximum Gasteiger partial charge on any atom is 0.234 e. The van der Waals surface area contributed by atoms with Gasteiger partial charge in [-0.2, -0.15) is 0 Å². The minimum Gasteiger partial charge on any atom is -0.454 e. The number of benzene rings is 3. The molecule has 1 N–H and O–H groups in total. The fourth-order valence-corrected chi connectivity index (χ4v) is 4.03. The van der Waals surface area contributed by atoms with Crippen molar-refractivity contribution in [1.29, 1.82) is 0 Å². The number of hydrogen-bond acceptors (Lipinski definition) is 6. The van der Waals surface area contributed by atoms with Crippen LogP contribution in [0, 0.1) is 5.82 Å². The Morgan fingerprint density at radius 2 is 1.78 bits per heavy atom. The van der Waals surface area contributed by atoms with Gasteiger partial charge in [0.05, 0.1) is 11.4 Å². The van der Waals surface area contributed by atoms with Gasteiger partial charge < -0.3 is 14.8 Å². The van der Waals surface area contributed by atoms with E-state index in [0.717, 1.165) is 11.3 Å². The molecule has 7 nitrogen and oxygen atoms in total. The molecule has 1 aliphatic heterocycles. The van der Waals surface area contributed by atoms with Gasteiger partial charge in [-0.25, -0.2) is 4.39 Å². The third-order valence-corrected chi connectivity index (χ3v) is 5.69. The topological polar surface area (TPSA) is 78.3 Å². The highest BCUT2D eigenvalue weighted by atomic mass is 32.2. The number of ether oxygens (including phenoxy) is 2. The Kier molecular flexibility index (Phi) is 5.47. The van der Waals surface area contributed by atoms with Crippen LogP contribution < -0.4 is 14.8 Å². The number of carbonyl (C=O) groups excluding carboxylic acids is 1. The smallest absolute Gasteiger partial charge is 0.234 e. The molecule has 1 aliphatic rings. The molecule has 0 fully saturated rings. The monoisotopic (exact) mass is 448 g/mol. The van der Waals surface area contributed by atoms with Crippen LogP contribution in [0.15, 0.2) is 78.0 Å². The van der Waals surface area contributed by atoms with E-state index < -0.39 is 5.82 Å². The fraction of sp³-hybridized carbons (Fsp3) is 0.0870. The number of thioether (sulfide) groups is 1. The minimum absolute atomic E-state index is 0.0421. The Balaban J connectivity index is 1.43. The van der Waals surface area contributed by atoms with Crippen molar-refractivity contribution in [2.75, 3.05) is 17.9 Å². The summed E-state index contributed by atoms with van der Waals surface area (Å²) in [6.07, 6.45) is 0. The van der Waals surface area contributed by atoms with Gasteiger partial charge in [0, 0.05) is 11.3 Å². The number of anilines is 1. The third-order valence-electron chi connectivity index (χ3n) is 4.76. The zero-order valence-corrected chi connectivity index (χ0v) is 17.5. The molecule has 4 aromatic rings. The average molecular weight is 448 g/mol. The van der Waals surface area contributed by atoms with Crippen molar-refractivity contribution in [3.05, 3.63) is 78.6 Å². The van der Waals surface area contributed by atoms with Crippen molar-refractivity contribution >= 4 is 23.4 Å². The summed E-state index contributed by atoms with van der Waals surface area (Å²) in [6, 6.07) is 21.2. The summed E-state index contributed by atoms with van der Waals surface area (Å²) in [6.45, 7) is 0.183. The second-order valence-electron chi connectivity index (χ2n) is 6.86. The number of nitrogens with one attached hydrogen (secondary N) is 1. The standard InChI is InChI=1S/C23H17FN4O3S/c24-17-8-4-5-9-18(17)25-21(29)13-32-23-27-26-22(28(23)16-6-2-1-3-7-16)15-10-11-19-20(12-15)31-14-30-19/h1-12H,13-14H2,(H,25,29). The van der Waals surface area contributed by atoms with Gasteiger partial charge in [0.15, 0.2) is 22.5 Å². The van der Waals surface area contributed by atoms with Crippen molar-refractivity contribution in [2.24, 2.45) is 0 Å². The number of amides is 1. The van der Waals surface area contributed by atoms with Crippen LogP contribution in [0.25, 0.3) is 17.1 Å². The van der Waals surface area contributed by atoms with E-state index in [0.29, 0.717) is 22.5 Å². The van der Waals surface area contributed by atoms with E-state index in [4.69, 9.17) is 9.47 Å². The van der Waals surface area contributed by atoms with Gasteiger partial charge in [0.25, 0.3) is 0 Å². The lowest BCUT2D eigenvalue weighted by atomic mass is 10.2. The number of fused-ring (bicyclic) bond motifs is 1. The first-order valence-corrected chi connectivity index (χ1v) is 10.8. The Hall–Kier alpha value is -3.85. The number of halogens is 1. The number of para-hydroxylation sites is 2. The predicted molar refractivity (Wildman–Crippen MR) is 119 cm³/mol. The molecule has 1 amide bonds. The quantitative estimate of drug-likeness (QED) is 0.437. The highest BCUT2D eigenvalue weighted by Crippen LogP contribution is 2.37. The number of carbonyl (C=O) groups is 1. The lowest BCUT2D eigenvalue weighted by Gasteiger charge is -2.11. The van der Waals surface area contributed by atoms with E-state index in [1.165, 1.54) is 23.9 Å². The summed E-state index contributed by atoms with van der Waals surface area (Å²) in [5.41, 5.74) is 1.79. The molecule has 160 valence electrons. The van der Waals surface area contributed by atoms with E-state index in [9.17, 15) is 9.18 Å². The summed E-state index contributed by atoms with van der Waals surface area (Å²) >= 11 is 1.21. The zero-order chi connectivity index (χ0) is 21.9. The van der Waals surface area contributed by atoms with Crippen molar-refractivity contribution in [3.8, 4) is 28.6 Å². The highest BCUT2D eigenvalue weighted by Gasteiger charge is 2.20. The molecule has 0 radical (unpaired) electrons. The zero-order valence-electron chi connectivity index (χ0n) is 16.7. The predicted octanol–water partition coefficient (Wildman–Crippen LogP) is 4.53. The molecule has 2 heterocycles. The van der Waals surface area contributed by atoms with Gasteiger partial charge in [-0.1, -0.05) is 42.1 Å². The summed E-state index contributed by atoms with van der Waals surface area (Å²) < 4.78 is 26.6. The molecule has 1 aromatic heterocycles. The Morgan fingerprint density at radius 3 is 2.62 bits per heavy atom. The molecular formula is C23H17FN4O3S. The minimum atomic E-state index is -0.483. The normalized spacial score (nSPS) is 12.0. The second kappa shape index (κ2) is 8.72. The van der Waals surface area contributed by atoms with Crippen LogP contribution in [-0.4, -0.2) is 33.2 Å². The molecule has 5 rings (SSSR count). The lowest BCUT2D eigenvalue weighted by Crippen LogP contribution is -2.15. The fourth-order valence-electron chi connectivity index (χ4n) is 3.27. The molecule has 0 saturated carbocycles. The number of nitrogens with zero attached hydrogens (tertiary/aromatic N) is 3. The van der Waals surface area contributed by atoms with Gasteiger partial charge in [0.1, 0.15) is 5.82 Å². The molecule has 0 unspecified atom stereocenters. The van der Waals surface area contributed by atoms with Gasteiger partial charge in [-0.15, -0.1) is 10.2 Å². The van der Waals surface area contributed by atoms with Gasteiger partial charge >= 0.3 is 0 Å². The average Bonchev–Trinajstić information content (AvgIpc) is 3.46. The molecular weight excluding hydrogens is 431 g/mol. The first-order valence-electron chi connectivity index (χ1n) is 9.77. The molecule has 0 saturated heterocycles. The van der Waals surface area contributed by atoms with Crippen LogP contribution >= 0.6 is 11.8 Å². The van der Waals surface area contributed by atoms with E-state index in [2.05, 4.69) is 15.5 Å². The van der Waals surface area contributed by atoms with E-state index in [-0.39, 0.29) is 24.1 Å². The van der Waals surface area contributed by atoms with E-state index in [1.807, 2.05) is 53.1 Å². The van der Waals surface area contributed by atoms with Crippen molar-refractivity contribution in [3.63, 3.8) is 0 Å². The largest absolute Gasteiger partial charge is 0.454 e. The van der Waals surface area contributed by atoms with Crippen LogP contribution in [0.5, 0.6) is 11.5 Å². The molecule has 9 heteroatoms. The maximum absolute atomic E-state index is 13.8. The number of hydrogen-bond donors (Lipinski definition) is 1. The first kappa shape index (κ1) is 20.1. The lowest BCUT2D eigenvalue weighted by molar-refractivity contribution is -0.113. The number of aromatic nitrogens is 3.